The molecule has 0 aromatic heterocycles. The van der Waals surface area contributed by atoms with Crippen LogP contribution in [0.2, 0.25) is 0 Å². The van der Waals surface area contributed by atoms with Crippen LogP contribution < -0.4 is 15.4 Å². The fraction of sp³-hybridized carbons (Fsp3) is 0.487. The Balaban J connectivity index is 1.26. The predicted molar refractivity (Wildman–Crippen MR) is 199 cm³/mol. The lowest BCUT2D eigenvalue weighted by Gasteiger charge is -2.30. The highest BCUT2D eigenvalue weighted by atomic mass is 32.2. The molecule has 3 heterocycles. The van der Waals surface area contributed by atoms with Gasteiger partial charge in [-0.15, -0.1) is 0 Å². The van der Waals surface area contributed by atoms with Crippen LogP contribution in [0, 0.1) is 11.7 Å². The number of alkyl carbamates (subject to hydrolysis) is 1. The van der Waals surface area contributed by atoms with Crippen molar-refractivity contribution in [1.29, 1.82) is 0 Å². The Kier molecular flexibility index (Phi) is 11.7. The number of rotatable bonds is 6. The number of hydrogen-bond acceptors (Lipinski definition) is 10. The van der Waals surface area contributed by atoms with Gasteiger partial charge in [-0.1, -0.05) is 37.1 Å². The molecule has 5 amide bonds. The molecule has 2 fully saturated rings. The Morgan fingerprint density at radius 2 is 1.75 bits per heavy atom. The molecule has 3 aliphatic heterocycles. The molecule has 2 aromatic rings. The Morgan fingerprint density at radius 3 is 2.44 bits per heavy atom. The number of fused-ring (bicyclic) bond motifs is 3. The lowest BCUT2D eigenvalue weighted by atomic mass is 10.0. The van der Waals surface area contributed by atoms with Gasteiger partial charge in [0.2, 0.25) is 11.8 Å². The summed E-state index contributed by atoms with van der Waals surface area (Å²) in [5, 5.41) is 14.6. The molecule has 1 saturated heterocycles. The zero-order valence-electron chi connectivity index (χ0n) is 31.8. The van der Waals surface area contributed by atoms with E-state index in [1.54, 1.807) is 39.0 Å². The smallest absolute Gasteiger partial charge is 0.410 e. The van der Waals surface area contributed by atoms with Crippen LogP contribution in [0.25, 0.3) is 0 Å². The number of sulfonamides is 1. The molecule has 306 valence electrons. The summed E-state index contributed by atoms with van der Waals surface area (Å²) in [5.74, 6) is -4.86. The van der Waals surface area contributed by atoms with Gasteiger partial charge in [0.05, 0.1) is 23.5 Å². The van der Waals surface area contributed by atoms with Gasteiger partial charge >= 0.3 is 18.2 Å². The van der Waals surface area contributed by atoms with E-state index < -0.39 is 87.0 Å². The van der Waals surface area contributed by atoms with E-state index in [9.17, 15) is 46.7 Å². The second-order valence-electron chi connectivity index (χ2n) is 15.8. The number of benzene rings is 2. The van der Waals surface area contributed by atoms with E-state index in [2.05, 4.69) is 10.6 Å². The quantitative estimate of drug-likeness (QED) is 0.308. The molecule has 1 saturated carbocycles. The molecule has 4 N–H and O–H groups in total. The zero-order chi connectivity index (χ0) is 41.3. The number of amides is 5. The molecule has 0 bridgehead atoms. The molecule has 0 radical (unpaired) electrons. The van der Waals surface area contributed by atoms with Crippen molar-refractivity contribution in [2.24, 2.45) is 5.92 Å². The van der Waals surface area contributed by atoms with Crippen molar-refractivity contribution < 1.29 is 56.2 Å². The predicted octanol–water partition coefficient (Wildman–Crippen LogP) is 3.74. The van der Waals surface area contributed by atoms with Gasteiger partial charge in [-0.3, -0.25) is 19.3 Å². The lowest BCUT2D eigenvalue weighted by molar-refractivity contribution is -0.141. The number of allylic oxidation sites excluding steroid dienone is 1. The zero-order valence-corrected chi connectivity index (χ0v) is 32.6. The summed E-state index contributed by atoms with van der Waals surface area (Å²) >= 11 is 0. The van der Waals surface area contributed by atoms with Crippen molar-refractivity contribution in [3.05, 3.63) is 77.1 Å². The lowest BCUT2D eigenvalue weighted by Crippen LogP contribution is -2.58. The normalized spacial score (nSPS) is 25.1. The summed E-state index contributed by atoms with van der Waals surface area (Å²) in [6, 6.07) is 6.31. The molecule has 6 rings (SSSR count). The second kappa shape index (κ2) is 16.1. The van der Waals surface area contributed by atoms with E-state index in [0.717, 1.165) is 24.3 Å². The molecule has 1 aliphatic carbocycles. The third kappa shape index (κ3) is 9.38. The summed E-state index contributed by atoms with van der Waals surface area (Å²) < 4.78 is 54.3. The Morgan fingerprint density at radius 1 is 1.02 bits per heavy atom. The van der Waals surface area contributed by atoms with E-state index in [4.69, 9.17) is 9.47 Å². The molecule has 5 atom stereocenters. The maximum atomic E-state index is 14.5. The van der Waals surface area contributed by atoms with Crippen molar-refractivity contribution in [3.63, 3.8) is 0 Å². The minimum absolute atomic E-state index is 0.0303. The monoisotopic (exact) mass is 811 g/mol. The van der Waals surface area contributed by atoms with Crippen LogP contribution in [0.3, 0.4) is 0 Å². The number of carbonyl (C=O) groups is 6. The molecular weight excluding hydrogens is 766 g/mol. The summed E-state index contributed by atoms with van der Waals surface area (Å²) in [6.07, 6.45) is 3.41. The first-order valence-corrected chi connectivity index (χ1v) is 20.3. The van der Waals surface area contributed by atoms with Gasteiger partial charge in [-0.2, -0.15) is 0 Å². The Bertz CT molecular complexity index is 2090. The molecule has 2 aromatic carbocycles. The fourth-order valence-electron chi connectivity index (χ4n) is 7.39. The highest BCUT2D eigenvalue weighted by Gasteiger charge is 2.62. The number of aromatic carboxylic acids is 1. The second-order valence-corrected chi connectivity index (χ2v) is 17.5. The number of carbonyl (C=O) groups excluding carboxylic acids is 5. The number of nitrogens with one attached hydrogen (secondary N) is 3. The van der Waals surface area contributed by atoms with Crippen molar-refractivity contribution in [2.75, 3.05) is 6.54 Å². The van der Waals surface area contributed by atoms with Gasteiger partial charge in [0.15, 0.2) is 0 Å². The van der Waals surface area contributed by atoms with Gasteiger partial charge in [-0.25, -0.2) is 31.9 Å². The minimum Gasteiger partial charge on any atom is -0.478 e. The molecule has 16 nitrogen and oxygen atoms in total. The largest absolute Gasteiger partial charge is 0.478 e. The molecule has 0 spiro atoms. The van der Waals surface area contributed by atoms with E-state index in [0.29, 0.717) is 36.8 Å². The first kappa shape index (κ1) is 41.1. The van der Waals surface area contributed by atoms with Crippen LogP contribution in [-0.2, 0) is 47.0 Å². The van der Waals surface area contributed by atoms with Crippen LogP contribution in [0.5, 0.6) is 0 Å². The third-order valence-electron chi connectivity index (χ3n) is 10.4. The summed E-state index contributed by atoms with van der Waals surface area (Å²) in [5.41, 5.74) is -1.81. The summed E-state index contributed by atoms with van der Waals surface area (Å²) in [4.78, 5) is 82.4. The SMILES string of the molecule is CC(C)(C)OC(=O)NC1CCCCCC=CC2CC2(C(=O)NS(=O)(=O)c2ccc(C(=O)O)cc2)NC(=O)C2CC(OC(=O)N3Cc4cccc(F)c4C3)CN2C1=O. The molecular formula is C39H46FN5O11S. The van der Waals surface area contributed by atoms with E-state index in [1.807, 2.05) is 10.8 Å². The van der Waals surface area contributed by atoms with Gasteiger partial charge in [-0.05, 0) is 82.3 Å². The average Bonchev–Trinajstić information content (AvgIpc) is 3.42. The van der Waals surface area contributed by atoms with Crippen LogP contribution in [0.4, 0.5) is 14.0 Å². The fourth-order valence-corrected chi connectivity index (χ4v) is 8.43. The highest BCUT2D eigenvalue weighted by molar-refractivity contribution is 7.90. The number of ether oxygens (including phenoxy) is 2. The number of halogens is 1. The van der Waals surface area contributed by atoms with E-state index in [-0.39, 0.29) is 49.4 Å². The van der Waals surface area contributed by atoms with Crippen molar-refractivity contribution >= 4 is 45.9 Å². The van der Waals surface area contributed by atoms with Gasteiger partial charge in [0.25, 0.3) is 15.9 Å². The van der Waals surface area contributed by atoms with Crippen LogP contribution in [0.15, 0.2) is 59.5 Å². The summed E-state index contributed by atoms with van der Waals surface area (Å²) in [6.45, 7) is 4.80. The topological polar surface area (TPSA) is 218 Å². The van der Waals surface area contributed by atoms with Gasteiger partial charge < -0.3 is 30.1 Å². The standard InChI is InChI=1S/C39H46FN5O11S/c1-38(2,3)56-36(51)41-30-13-8-6-4-5-7-11-25-19-39(25,35(50)43-57(53,54)27-16-14-23(15-17-27)34(48)49)42-32(46)31-18-26(21-45(31)33(30)47)55-37(52)44-20-24-10-9-12-29(40)28(24)22-44/h7,9-12,14-17,25-26,30-31H,4-6,8,13,18-22H2,1-3H3,(H,41,51)(H,42,46)(H,43,50)(H,48,49). The molecule has 5 unspecified atom stereocenters. The van der Waals surface area contributed by atoms with Gasteiger partial charge in [0.1, 0.15) is 35.1 Å². The van der Waals surface area contributed by atoms with E-state index in [1.165, 1.54) is 15.9 Å². The molecule has 18 heteroatoms. The number of nitrogens with zero attached hydrogens (tertiary/aromatic N) is 2. The number of carboxylic acids is 1. The maximum Gasteiger partial charge on any atom is 0.410 e. The summed E-state index contributed by atoms with van der Waals surface area (Å²) in [7, 11) is -4.53. The maximum absolute atomic E-state index is 14.5. The van der Waals surface area contributed by atoms with Crippen LogP contribution >= 0.6 is 0 Å². The number of carboxylic acid groups (broad SMARTS) is 1. The third-order valence-corrected chi connectivity index (χ3v) is 11.8. The van der Waals surface area contributed by atoms with Crippen molar-refractivity contribution in [3.8, 4) is 0 Å². The van der Waals surface area contributed by atoms with Crippen molar-refractivity contribution in [2.45, 2.75) is 113 Å². The first-order valence-electron chi connectivity index (χ1n) is 18.8. The molecule has 57 heavy (non-hydrogen) atoms. The first-order chi connectivity index (χ1) is 26.9. The highest BCUT2D eigenvalue weighted by Crippen LogP contribution is 2.46. The van der Waals surface area contributed by atoms with E-state index >= 15 is 0 Å². The molecule has 4 aliphatic rings. The van der Waals surface area contributed by atoms with Crippen LogP contribution in [-0.4, -0.2) is 95.1 Å². The Labute approximate surface area is 329 Å². The number of hydrogen-bond donors (Lipinski definition) is 4. The van der Waals surface area contributed by atoms with Crippen LogP contribution in [0.1, 0.15) is 87.2 Å². The minimum atomic E-state index is -4.53. The van der Waals surface area contributed by atoms with Gasteiger partial charge in [0, 0.05) is 24.4 Å². The van der Waals surface area contributed by atoms with Crippen molar-refractivity contribution in [1.82, 2.24) is 25.2 Å². The Hall–Kier alpha value is -5.52. The average molecular weight is 812 g/mol.